The molecule has 1 aromatic carbocycles. The highest BCUT2D eigenvalue weighted by atomic mass is 16.5. The summed E-state index contributed by atoms with van der Waals surface area (Å²) in [5, 5.41) is 3.18. The first-order valence-electron chi connectivity index (χ1n) is 9.13. The molecule has 2 aliphatic heterocycles. The molecule has 0 unspecified atom stereocenters. The van der Waals surface area contributed by atoms with E-state index in [0.717, 1.165) is 44.7 Å². The van der Waals surface area contributed by atoms with Crippen LogP contribution in [0.2, 0.25) is 0 Å². The maximum absolute atomic E-state index is 12.5. The second kappa shape index (κ2) is 8.10. The average Bonchev–Trinajstić information content (AvgIpc) is 2.67. The number of amides is 1. The number of nitrogens with one attached hydrogen (secondary N) is 1. The van der Waals surface area contributed by atoms with Crippen molar-refractivity contribution < 1.29 is 9.53 Å². The molecule has 0 radical (unpaired) electrons. The van der Waals surface area contributed by atoms with Gasteiger partial charge in [0.05, 0.1) is 0 Å². The van der Waals surface area contributed by atoms with Gasteiger partial charge in [0.25, 0.3) is 5.91 Å². The molecule has 5 nitrogen and oxygen atoms in total. The summed E-state index contributed by atoms with van der Waals surface area (Å²) in [5.74, 6) is 0.00134. The number of nitrogens with zero attached hydrogens (tertiary/aromatic N) is 1. The number of benzene rings is 1. The second-order valence-electron chi connectivity index (χ2n) is 6.97. The molecule has 0 aromatic heterocycles. The minimum atomic E-state index is 0.00134. The lowest BCUT2D eigenvalue weighted by atomic mass is 9.86. The van der Waals surface area contributed by atoms with Crippen LogP contribution < -0.4 is 11.1 Å². The molecule has 0 bridgehead atoms. The van der Waals surface area contributed by atoms with Gasteiger partial charge in [-0.05, 0) is 56.5 Å². The second-order valence-corrected chi connectivity index (χ2v) is 6.97. The molecule has 2 heterocycles. The predicted octanol–water partition coefficient (Wildman–Crippen LogP) is 1.91. The van der Waals surface area contributed by atoms with Crippen LogP contribution in [0.1, 0.15) is 48.0 Å². The molecule has 1 aromatic rings. The first-order chi connectivity index (χ1) is 11.7. The summed E-state index contributed by atoms with van der Waals surface area (Å²) in [7, 11) is 0. The molecule has 5 heteroatoms. The normalized spacial score (nSPS) is 21.4. The predicted molar refractivity (Wildman–Crippen MR) is 94.9 cm³/mol. The number of nitrogens with two attached hydrogens (primary N) is 1. The lowest BCUT2D eigenvalue weighted by Crippen LogP contribution is -2.59. The van der Waals surface area contributed by atoms with Gasteiger partial charge in [0, 0.05) is 37.4 Å². The lowest BCUT2D eigenvalue weighted by molar-refractivity contribution is -0.0349. The van der Waals surface area contributed by atoms with Crippen molar-refractivity contribution in [1.82, 2.24) is 10.2 Å². The maximum atomic E-state index is 12.5. The summed E-state index contributed by atoms with van der Waals surface area (Å²) in [6.07, 6.45) is 5.84. The molecular weight excluding hydrogens is 302 g/mol. The van der Waals surface area contributed by atoms with E-state index in [2.05, 4.69) is 10.2 Å². The fourth-order valence-corrected chi connectivity index (χ4v) is 3.86. The third kappa shape index (κ3) is 3.97. The Bertz CT molecular complexity index is 532. The Labute approximate surface area is 144 Å². The fraction of sp³-hybridized carbons (Fsp3) is 0.632. The lowest BCUT2D eigenvalue weighted by Gasteiger charge is -2.48. The van der Waals surface area contributed by atoms with E-state index in [-0.39, 0.29) is 11.4 Å². The van der Waals surface area contributed by atoms with Gasteiger partial charge in [0.2, 0.25) is 0 Å². The largest absolute Gasteiger partial charge is 0.381 e. The zero-order valence-corrected chi connectivity index (χ0v) is 14.4. The topological polar surface area (TPSA) is 67.6 Å². The Morgan fingerprint density at radius 1 is 1.12 bits per heavy atom. The van der Waals surface area contributed by atoms with E-state index in [1.807, 2.05) is 24.3 Å². The van der Waals surface area contributed by atoms with Gasteiger partial charge >= 0.3 is 0 Å². The fourth-order valence-electron chi connectivity index (χ4n) is 3.86. The monoisotopic (exact) mass is 331 g/mol. The van der Waals surface area contributed by atoms with Crippen LogP contribution in [0, 0.1) is 0 Å². The molecule has 0 saturated carbocycles. The smallest absolute Gasteiger partial charge is 0.251 e. The highest BCUT2D eigenvalue weighted by Crippen LogP contribution is 2.30. The minimum Gasteiger partial charge on any atom is -0.381 e. The van der Waals surface area contributed by atoms with Crippen LogP contribution in [0.25, 0.3) is 0 Å². The summed E-state index contributed by atoms with van der Waals surface area (Å²) < 4.78 is 5.58. The van der Waals surface area contributed by atoms with E-state index in [4.69, 9.17) is 10.5 Å². The van der Waals surface area contributed by atoms with E-state index in [9.17, 15) is 4.79 Å². The van der Waals surface area contributed by atoms with E-state index >= 15 is 0 Å². The van der Waals surface area contributed by atoms with E-state index in [0.29, 0.717) is 18.7 Å². The summed E-state index contributed by atoms with van der Waals surface area (Å²) in [6.45, 7) is 5.06. The molecule has 0 atom stereocenters. The zero-order valence-electron chi connectivity index (χ0n) is 14.4. The van der Waals surface area contributed by atoms with E-state index in [1.165, 1.54) is 19.3 Å². The van der Waals surface area contributed by atoms with Gasteiger partial charge in [-0.3, -0.25) is 9.69 Å². The minimum absolute atomic E-state index is 0.00134. The summed E-state index contributed by atoms with van der Waals surface area (Å²) in [6, 6.07) is 7.55. The number of hydrogen-bond acceptors (Lipinski definition) is 4. The van der Waals surface area contributed by atoms with Crippen molar-refractivity contribution in [3.05, 3.63) is 35.4 Å². The Hall–Kier alpha value is -1.43. The van der Waals surface area contributed by atoms with Crippen LogP contribution >= 0.6 is 0 Å². The zero-order chi connectivity index (χ0) is 16.8. The van der Waals surface area contributed by atoms with Crippen molar-refractivity contribution >= 4 is 5.91 Å². The van der Waals surface area contributed by atoms with Gasteiger partial charge in [0.1, 0.15) is 0 Å². The van der Waals surface area contributed by atoms with Gasteiger partial charge < -0.3 is 15.8 Å². The van der Waals surface area contributed by atoms with Gasteiger partial charge in [-0.15, -0.1) is 0 Å². The van der Waals surface area contributed by atoms with Gasteiger partial charge in [-0.25, -0.2) is 0 Å². The SMILES string of the molecule is NCc1ccc(C(=O)NCC2(N3CCCCC3)CCOCC2)cc1. The Morgan fingerprint density at radius 2 is 1.79 bits per heavy atom. The first-order valence-corrected chi connectivity index (χ1v) is 9.13. The summed E-state index contributed by atoms with van der Waals surface area (Å²) >= 11 is 0. The Morgan fingerprint density at radius 3 is 2.42 bits per heavy atom. The van der Waals surface area contributed by atoms with Gasteiger partial charge in [0.15, 0.2) is 0 Å². The molecule has 0 spiro atoms. The Balaban J connectivity index is 1.64. The van der Waals surface area contributed by atoms with Crippen molar-refractivity contribution in [2.24, 2.45) is 5.73 Å². The van der Waals surface area contributed by atoms with Crippen molar-refractivity contribution in [2.45, 2.75) is 44.2 Å². The molecule has 2 saturated heterocycles. The summed E-state index contributed by atoms with van der Waals surface area (Å²) in [5.41, 5.74) is 7.42. The molecule has 132 valence electrons. The van der Waals surface area contributed by atoms with Crippen LogP contribution in [0.5, 0.6) is 0 Å². The number of ether oxygens (including phenoxy) is 1. The molecule has 2 fully saturated rings. The standard InChI is InChI=1S/C19H29N3O2/c20-14-16-4-6-17(7-5-16)18(23)21-15-19(8-12-24-13-9-19)22-10-2-1-3-11-22/h4-7H,1-3,8-15,20H2,(H,21,23). The van der Waals surface area contributed by atoms with Crippen molar-refractivity contribution in [2.75, 3.05) is 32.8 Å². The quantitative estimate of drug-likeness (QED) is 0.865. The highest BCUT2D eigenvalue weighted by molar-refractivity contribution is 5.94. The van der Waals surface area contributed by atoms with Crippen LogP contribution in [0.3, 0.4) is 0 Å². The molecule has 2 aliphatic rings. The van der Waals surface area contributed by atoms with E-state index in [1.54, 1.807) is 0 Å². The molecular formula is C19H29N3O2. The average molecular weight is 331 g/mol. The van der Waals surface area contributed by atoms with Gasteiger partial charge in [-0.2, -0.15) is 0 Å². The number of hydrogen-bond donors (Lipinski definition) is 2. The van der Waals surface area contributed by atoms with Crippen molar-refractivity contribution in [1.29, 1.82) is 0 Å². The maximum Gasteiger partial charge on any atom is 0.251 e. The van der Waals surface area contributed by atoms with E-state index < -0.39 is 0 Å². The third-order valence-corrected chi connectivity index (χ3v) is 5.48. The molecule has 1 amide bonds. The van der Waals surface area contributed by atoms with Crippen molar-refractivity contribution in [3.63, 3.8) is 0 Å². The number of piperidine rings is 1. The van der Waals surface area contributed by atoms with Crippen LogP contribution in [0.15, 0.2) is 24.3 Å². The highest BCUT2D eigenvalue weighted by Gasteiger charge is 2.39. The molecule has 3 N–H and O–H groups in total. The molecule has 0 aliphatic carbocycles. The van der Waals surface area contributed by atoms with Crippen LogP contribution in [-0.2, 0) is 11.3 Å². The van der Waals surface area contributed by atoms with Crippen molar-refractivity contribution in [3.8, 4) is 0 Å². The van der Waals surface area contributed by atoms with Gasteiger partial charge in [-0.1, -0.05) is 18.6 Å². The summed E-state index contributed by atoms with van der Waals surface area (Å²) in [4.78, 5) is 15.1. The number of carbonyl (C=O) groups excluding carboxylic acids is 1. The first kappa shape index (κ1) is 17.4. The number of rotatable bonds is 5. The third-order valence-electron chi connectivity index (χ3n) is 5.48. The molecule has 3 rings (SSSR count). The molecule has 24 heavy (non-hydrogen) atoms. The van der Waals surface area contributed by atoms with Crippen LogP contribution in [-0.4, -0.2) is 49.2 Å². The Kier molecular flexibility index (Phi) is 5.87. The number of likely N-dealkylation sites (tertiary alicyclic amines) is 1. The number of carbonyl (C=O) groups is 1. The van der Waals surface area contributed by atoms with Crippen LogP contribution in [0.4, 0.5) is 0 Å².